The minimum absolute atomic E-state index is 0.315. The molecular weight excluding hydrogens is 292 g/mol. The molecular formula is C11H20O10. The van der Waals surface area contributed by atoms with E-state index in [-0.39, 0.29) is 6.61 Å². The Labute approximate surface area is 119 Å². The van der Waals surface area contributed by atoms with Crippen molar-refractivity contribution in [3.8, 4) is 0 Å². The average Bonchev–Trinajstić information content (AvgIpc) is 2.47. The fourth-order valence-electron chi connectivity index (χ4n) is 2.28. The first-order valence-electron chi connectivity index (χ1n) is 6.48. The van der Waals surface area contributed by atoms with E-state index in [0.717, 1.165) is 0 Å². The monoisotopic (exact) mass is 312 g/mol. The Hall–Kier alpha value is -0.400. The van der Waals surface area contributed by atoms with E-state index in [1.165, 1.54) is 0 Å². The summed E-state index contributed by atoms with van der Waals surface area (Å²) < 4.78 is 15.0. The first-order chi connectivity index (χ1) is 9.86. The quantitative estimate of drug-likeness (QED) is 0.268. The number of ether oxygens (including phenoxy) is 3. The fourth-order valence-corrected chi connectivity index (χ4v) is 2.28. The van der Waals surface area contributed by atoms with Crippen molar-refractivity contribution in [3.63, 3.8) is 0 Å². The second-order valence-corrected chi connectivity index (χ2v) is 5.08. The summed E-state index contributed by atoms with van der Waals surface area (Å²) in [6, 6.07) is 0. The van der Waals surface area contributed by atoms with Crippen LogP contribution in [0.3, 0.4) is 0 Å². The molecule has 0 amide bonds. The second-order valence-electron chi connectivity index (χ2n) is 5.08. The summed E-state index contributed by atoms with van der Waals surface area (Å²) in [4.78, 5) is 0. The molecule has 0 aliphatic carbocycles. The Balaban J connectivity index is 2.05. The second kappa shape index (κ2) is 6.79. The van der Waals surface area contributed by atoms with Crippen LogP contribution < -0.4 is 0 Å². The number of aliphatic hydroxyl groups excluding tert-OH is 7. The van der Waals surface area contributed by atoms with Crippen molar-refractivity contribution in [2.75, 3.05) is 13.2 Å². The van der Waals surface area contributed by atoms with Crippen molar-refractivity contribution < 1.29 is 50.0 Å². The van der Waals surface area contributed by atoms with Crippen LogP contribution in [0.15, 0.2) is 0 Å². The van der Waals surface area contributed by atoms with E-state index in [1.54, 1.807) is 0 Å². The van der Waals surface area contributed by atoms with E-state index in [1.807, 2.05) is 0 Å². The lowest BCUT2D eigenvalue weighted by atomic mass is 9.98. The van der Waals surface area contributed by atoms with E-state index >= 15 is 0 Å². The van der Waals surface area contributed by atoms with Gasteiger partial charge in [-0.1, -0.05) is 0 Å². The van der Waals surface area contributed by atoms with Gasteiger partial charge in [0, 0.05) is 0 Å². The van der Waals surface area contributed by atoms with Crippen LogP contribution in [0.25, 0.3) is 0 Å². The zero-order valence-electron chi connectivity index (χ0n) is 11.0. The summed E-state index contributed by atoms with van der Waals surface area (Å²) in [6.07, 6.45) is -13.3. The van der Waals surface area contributed by atoms with Gasteiger partial charge in [-0.05, 0) is 0 Å². The van der Waals surface area contributed by atoms with Crippen LogP contribution in [0.4, 0.5) is 0 Å². The van der Waals surface area contributed by atoms with Crippen LogP contribution in [0, 0.1) is 0 Å². The molecule has 10 nitrogen and oxygen atoms in total. The fraction of sp³-hybridized carbons (Fsp3) is 1.00. The Kier molecular flexibility index (Phi) is 5.48. The van der Waals surface area contributed by atoms with Gasteiger partial charge in [-0.25, -0.2) is 0 Å². The lowest BCUT2D eigenvalue weighted by Crippen LogP contribution is -2.62. The van der Waals surface area contributed by atoms with E-state index < -0.39 is 61.9 Å². The van der Waals surface area contributed by atoms with E-state index in [2.05, 4.69) is 0 Å². The third-order valence-corrected chi connectivity index (χ3v) is 3.59. The van der Waals surface area contributed by atoms with Crippen LogP contribution in [-0.2, 0) is 14.2 Å². The van der Waals surface area contributed by atoms with Crippen molar-refractivity contribution in [3.05, 3.63) is 0 Å². The molecule has 21 heavy (non-hydrogen) atoms. The maximum atomic E-state index is 9.92. The van der Waals surface area contributed by atoms with Crippen LogP contribution in [0.2, 0.25) is 0 Å². The smallest absolute Gasteiger partial charge is 0.186 e. The normalized spacial score (nSPS) is 51.9. The van der Waals surface area contributed by atoms with Crippen LogP contribution in [0.1, 0.15) is 0 Å². The highest BCUT2D eigenvalue weighted by molar-refractivity contribution is 4.91. The lowest BCUT2D eigenvalue weighted by Gasteiger charge is -2.43. The molecule has 0 spiro atoms. The zero-order valence-corrected chi connectivity index (χ0v) is 11.0. The largest absolute Gasteiger partial charge is 0.394 e. The van der Waals surface area contributed by atoms with Gasteiger partial charge in [0.25, 0.3) is 0 Å². The SMILES string of the molecule is OC[C@H]1O[C@@H](O)[C@H](O)[C@@H](O[C@@H]2OC[C@H](O)[C@H](O)[C@H]2O)[C@H]1O. The van der Waals surface area contributed by atoms with Gasteiger partial charge >= 0.3 is 0 Å². The average molecular weight is 312 g/mol. The van der Waals surface area contributed by atoms with Crippen molar-refractivity contribution in [2.24, 2.45) is 0 Å². The topological polar surface area (TPSA) is 169 Å². The molecule has 124 valence electrons. The minimum Gasteiger partial charge on any atom is -0.394 e. The first-order valence-corrected chi connectivity index (χ1v) is 6.48. The van der Waals surface area contributed by atoms with Gasteiger partial charge in [0.15, 0.2) is 12.6 Å². The third-order valence-electron chi connectivity index (χ3n) is 3.59. The lowest BCUT2D eigenvalue weighted by molar-refractivity contribution is -0.343. The summed E-state index contributed by atoms with van der Waals surface area (Å²) in [7, 11) is 0. The molecule has 0 radical (unpaired) electrons. The third kappa shape index (κ3) is 3.35. The van der Waals surface area contributed by atoms with Crippen molar-refractivity contribution in [1.82, 2.24) is 0 Å². The molecule has 0 bridgehead atoms. The van der Waals surface area contributed by atoms with Gasteiger partial charge in [-0.15, -0.1) is 0 Å². The number of aliphatic hydroxyl groups is 7. The van der Waals surface area contributed by atoms with Gasteiger partial charge in [0.05, 0.1) is 13.2 Å². The van der Waals surface area contributed by atoms with E-state index in [0.29, 0.717) is 0 Å². The minimum atomic E-state index is -1.70. The predicted molar refractivity (Wildman–Crippen MR) is 62.6 cm³/mol. The maximum absolute atomic E-state index is 9.92. The van der Waals surface area contributed by atoms with Gasteiger partial charge in [0.2, 0.25) is 0 Å². The number of hydrogen-bond acceptors (Lipinski definition) is 10. The summed E-state index contributed by atoms with van der Waals surface area (Å²) in [6.45, 7) is -0.940. The van der Waals surface area contributed by atoms with Gasteiger partial charge in [0.1, 0.15) is 42.7 Å². The molecule has 0 saturated carbocycles. The van der Waals surface area contributed by atoms with Crippen LogP contribution in [-0.4, -0.2) is 104 Å². The van der Waals surface area contributed by atoms with Crippen LogP contribution >= 0.6 is 0 Å². The number of rotatable bonds is 3. The van der Waals surface area contributed by atoms with Crippen molar-refractivity contribution in [2.45, 2.75) is 55.3 Å². The standard InChI is InChI=1S/C11H20O10/c12-1-4-6(15)9(8(17)10(18)20-4)21-11-7(16)5(14)3(13)2-19-11/h3-18H,1-2H2/t3-,4+,5-,6-,7+,8+,9-,10+,11-/m0/s1. The van der Waals surface area contributed by atoms with Gasteiger partial charge < -0.3 is 50.0 Å². The Morgan fingerprint density at radius 2 is 1.57 bits per heavy atom. The Bertz CT molecular complexity index is 341. The highest BCUT2D eigenvalue weighted by atomic mass is 16.7. The molecule has 0 aromatic carbocycles. The van der Waals surface area contributed by atoms with E-state index in [9.17, 15) is 30.6 Å². The summed E-state index contributed by atoms with van der Waals surface area (Å²) in [5.41, 5.74) is 0. The molecule has 9 atom stereocenters. The van der Waals surface area contributed by atoms with Gasteiger partial charge in [-0.2, -0.15) is 0 Å². The summed E-state index contributed by atoms with van der Waals surface area (Å²) in [5.74, 6) is 0. The molecule has 2 saturated heterocycles. The molecule has 2 aliphatic rings. The maximum Gasteiger partial charge on any atom is 0.186 e. The highest BCUT2D eigenvalue weighted by Crippen LogP contribution is 2.26. The Morgan fingerprint density at radius 3 is 2.19 bits per heavy atom. The molecule has 0 aromatic heterocycles. The molecule has 2 rings (SSSR count). The number of hydrogen-bond donors (Lipinski definition) is 7. The first kappa shape index (κ1) is 17.0. The molecule has 7 N–H and O–H groups in total. The highest BCUT2D eigenvalue weighted by Gasteiger charge is 2.48. The molecule has 0 aromatic rings. The summed E-state index contributed by atoms with van der Waals surface area (Å²) >= 11 is 0. The zero-order chi connectivity index (χ0) is 15.7. The van der Waals surface area contributed by atoms with Crippen LogP contribution in [0.5, 0.6) is 0 Å². The van der Waals surface area contributed by atoms with Crippen molar-refractivity contribution >= 4 is 0 Å². The molecule has 0 unspecified atom stereocenters. The molecule has 2 fully saturated rings. The summed E-state index contributed by atoms with van der Waals surface area (Å²) in [5, 5.41) is 66.8. The molecule has 2 aliphatic heterocycles. The van der Waals surface area contributed by atoms with Gasteiger partial charge in [-0.3, -0.25) is 0 Å². The Morgan fingerprint density at radius 1 is 0.905 bits per heavy atom. The molecule has 2 heterocycles. The molecule has 10 heteroatoms. The van der Waals surface area contributed by atoms with Crippen molar-refractivity contribution in [1.29, 1.82) is 0 Å². The predicted octanol–water partition coefficient (Wildman–Crippen LogP) is -4.76. The van der Waals surface area contributed by atoms with E-state index in [4.69, 9.17) is 19.3 Å².